The fourth-order valence-corrected chi connectivity index (χ4v) is 4.06. The van der Waals surface area contributed by atoms with Crippen molar-refractivity contribution in [2.45, 2.75) is 18.9 Å². The van der Waals surface area contributed by atoms with Gasteiger partial charge < -0.3 is 5.32 Å². The Bertz CT molecular complexity index is 1060. The van der Waals surface area contributed by atoms with E-state index in [2.05, 4.69) is 20.4 Å². The first kappa shape index (κ1) is 18.7. The number of aromatic amines is 1. The van der Waals surface area contributed by atoms with Crippen LogP contribution in [-0.4, -0.2) is 40.6 Å². The highest BCUT2D eigenvalue weighted by Gasteiger charge is 2.26. The molecule has 0 saturated carbocycles. The maximum atomic E-state index is 12.9. The number of aromatic nitrogens is 2. The van der Waals surface area contributed by atoms with Gasteiger partial charge in [-0.2, -0.15) is 5.10 Å². The Morgan fingerprint density at radius 3 is 2.54 bits per heavy atom. The summed E-state index contributed by atoms with van der Waals surface area (Å²) >= 11 is 6.43. The molecule has 0 bridgehead atoms. The number of rotatable bonds is 5. The van der Waals surface area contributed by atoms with Crippen molar-refractivity contribution in [2.75, 3.05) is 19.6 Å². The largest absolute Gasteiger partial charge is 0.349 e. The summed E-state index contributed by atoms with van der Waals surface area (Å²) in [7, 11) is 0. The minimum atomic E-state index is -0.316. The van der Waals surface area contributed by atoms with Gasteiger partial charge in [0.1, 0.15) is 0 Å². The Hall–Kier alpha value is -2.70. The normalized spacial score (nSPS) is 15.6. The summed E-state index contributed by atoms with van der Waals surface area (Å²) in [5, 5.41) is 11.1. The van der Waals surface area contributed by atoms with Crippen molar-refractivity contribution in [2.24, 2.45) is 0 Å². The summed E-state index contributed by atoms with van der Waals surface area (Å²) in [5.41, 5.74) is 0.915. The molecule has 1 fully saturated rings. The number of fused-ring (bicyclic) bond motifs is 1. The van der Waals surface area contributed by atoms with Crippen LogP contribution in [0.5, 0.6) is 0 Å². The van der Waals surface area contributed by atoms with E-state index < -0.39 is 0 Å². The van der Waals surface area contributed by atoms with Crippen LogP contribution in [0.15, 0.2) is 53.3 Å². The van der Waals surface area contributed by atoms with Crippen LogP contribution in [0.4, 0.5) is 0 Å². The summed E-state index contributed by atoms with van der Waals surface area (Å²) in [6.45, 7) is 2.37. The summed E-state index contributed by atoms with van der Waals surface area (Å²) in [6.07, 6.45) is 2.28. The molecular formula is C21H21ClN4O2. The molecule has 1 aliphatic heterocycles. The highest BCUT2D eigenvalue weighted by Crippen LogP contribution is 2.29. The second-order valence-corrected chi connectivity index (χ2v) is 7.34. The lowest BCUT2D eigenvalue weighted by atomic mass is 10.0. The minimum absolute atomic E-state index is 0.00539. The lowest BCUT2D eigenvalue weighted by Gasteiger charge is -2.28. The third kappa shape index (κ3) is 3.66. The molecule has 1 unspecified atom stereocenters. The number of carbonyl (C=O) groups is 1. The molecule has 6 nitrogen and oxygen atoms in total. The van der Waals surface area contributed by atoms with Crippen LogP contribution in [0.25, 0.3) is 10.8 Å². The lowest BCUT2D eigenvalue weighted by molar-refractivity contribution is 0.0933. The fraction of sp³-hybridized carbons (Fsp3) is 0.286. The number of nitrogens with zero attached hydrogens (tertiary/aromatic N) is 2. The van der Waals surface area contributed by atoms with Gasteiger partial charge >= 0.3 is 0 Å². The predicted octanol–water partition coefficient (Wildman–Crippen LogP) is 3.14. The molecular weight excluding hydrogens is 376 g/mol. The molecule has 3 aromatic rings. The molecule has 1 atom stereocenters. The van der Waals surface area contributed by atoms with Gasteiger partial charge in [-0.05, 0) is 43.6 Å². The number of nitrogens with one attached hydrogen (secondary N) is 2. The van der Waals surface area contributed by atoms with Crippen molar-refractivity contribution in [1.29, 1.82) is 0 Å². The van der Waals surface area contributed by atoms with Crippen LogP contribution < -0.4 is 10.9 Å². The minimum Gasteiger partial charge on any atom is -0.349 e. The Morgan fingerprint density at radius 1 is 1.11 bits per heavy atom. The summed E-state index contributed by atoms with van der Waals surface area (Å²) in [4.78, 5) is 27.2. The molecule has 1 aliphatic rings. The maximum absolute atomic E-state index is 12.9. The molecule has 0 spiro atoms. The molecule has 0 radical (unpaired) electrons. The van der Waals surface area contributed by atoms with E-state index >= 15 is 0 Å². The van der Waals surface area contributed by atoms with E-state index in [0.29, 0.717) is 22.3 Å². The highest BCUT2D eigenvalue weighted by atomic mass is 35.5. The second kappa shape index (κ2) is 8.12. The summed E-state index contributed by atoms with van der Waals surface area (Å²) in [5.74, 6) is -0.316. The molecule has 4 rings (SSSR count). The number of H-pyrrole nitrogens is 1. The van der Waals surface area contributed by atoms with Crippen LogP contribution in [0.1, 0.15) is 34.9 Å². The Morgan fingerprint density at radius 2 is 1.79 bits per heavy atom. The third-order valence-electron chi connectivity index (χ3n) is 5.21. The average Bonchev–Trinajstić information content (AvgIpc) is 3.24. The van der Waals surface area contributed by atoms with E-state index in [1.807, 2.05) is 24.3 Å². The standard InChI is InChI=1S/C21H21ClN4O2/c22-17-10-4-3-9-16(17)18(26-11-5-6-12-26)13-23-21(28)19-14-7-1-2-8-15(14)20(27)25-24-19/h1-4,7-10,18H,5-6,11-13H2,(H,23,28)(H,25,27). The molecule has 1 amide bonds. The predicted molar refractivity (Wildman–Crippen MR) is 110 cm³/mol. The zero-order valence-corrected chi connectivity index (χ0v) is 16.1. The first-order valence-corrected chi connectivity index (χ1v) is 9.77. The number of carbonyl (C=O) groups excluding carboxylic acids is 1. The van der Waals surface area contributed by atoms with Crippen LogP contribution >= 0.6 is 11.6 Å². The van der Waals surface area contributed by atoms with Gasteiger partial charge in [0.05, 0.1) is 11.4 Å². The number of hydrogen-bond donors (Lipinski definition) is 2. The summed E-state index contributed by atoms with van der Waals surface area (Å²) < 4.78 is 0. The van der Waals surface area contributed by atoms with Gasteiger partial charge in [-0.1, -0.05) is 48.0 Å². The average molecular weight is 397 g/mol. The monoisotopic (exact) mass is 396 g/mol. The number of amides is 1. The lowest BCUT2D eigenvalue weighted by Crippen LogP contribution is -2.37. The zero-order valence-electron chi connectivity index (χ0n) is 15.3. The Labute approximate surface area is 167 Å². The van der Waals surface area contributed by atoms with Crippen molar-refractivity contribution < 1.29 is 4.79 Å². The highest BCUT2D eigenvalue weighted by molar-refractivity contribution is 6.31. The van der Waals surface area contributed by atoms with Crippen molar-refractivity contribution in [3.63, 3.8) is 0 Å². The van der Waals surface area contributed by atoms with E-state index in [1.165, 1.54) is 0 Å². The SMILES string of the molecule is O=C(NCC(c1ccccc1Cl)N1CCCC1)c1n[nH]c(=O)c2ccccc12. The van der Waals surface area contributed by atoms with Gasteiger partial charge in [-0.25, -0.2) is 5.10 Å². The van der Waals surface area contributed by atoms with Crippen molar-refractivity contribution in [3.05, 3.63) is 75.2 Å². The summed E-state index contributed by atoms with van der Waals surface area (Å²) in [6, 6.07) is 14.7. The Balaban J connectivity index is 1.59. The van der Waals surface area contributed by atoms with Gasteiger partial charge in [-0.15, -0.1) is 0 Å². The van der Waals surface area contributed by atoms with E-state index in [-0.39, 0.29) is 23.2 Å². The van der Waals surface area contributed by atoms with Crippen LogP contribution in [0.3, 0.4) is 0 Å². The number of halogens is 1. The van der Waals surface area contributed by atoms with Gasteiger partial charge in [0, 0.05) is 17.0 Å². The van der Waals surface area contributed by atoms with E-state index in [1.54, 1.807) is 24.3 Å². The topological polar surface area (TPSA) is 78.1 Å². The van der Waals surface area contributed by atoms with E-state index in [0.717, 1.165) is 31.5 Å². The van der Waals surface area contributed by atoms with Crippen molar-refractivity contribution in [1.82, 2.24) is 20.4 Å². The number of benzene rings is 2. The third-order valence-corrected chi connectivity index (χ3v) is 5.56. The zero-order chi connectivity index (χ0) is 19.5. The first-order valence-electron chi connectivity index (χ1n) is 9.39. The number of likely N-dealkylation sites (tertiary alicyclic amines) is 1. The molecule has 7 heteroatoms. The fourth-order valence-electron chi connectivity index (χ4n) is 3.80. The van der Waals surface area contributed by atoms with Crippen LogP contribution in [0.2, 0.25) is 5.02 Å². The molecule has 28 heavy (non-hydrogen) atoms. The molecule has 2 aromatic carbocycles. The molecule has 144 valence electrons. The first-order chi connectivity index (χ1) is 13.6. The van der Waals surface area contributed by atoms with Gasteiger partial charge in [0.25, 0.3) is 11.5 Å². The van der Waals surface area contributed by atoms with Crippen molar-refractivity contribution >= 4 is 28.3 Å². The van der Waals surface area contributed by atoms with E-state index in [4.69, 9.17) is 11.6 Å². The molecule has 2 heterocycles. The molecule has 1 saturated heterocycles. The Kier molecular flexibility index (Phi) is 5.41. The van der Waals surface area contributed by atoms with Crippen LogP contribution in [0, 0.1) is 0 Å². The van der Waals surface area contributed by atoms with Gasteiger partial charge in [0.15, 0.2) is 5.69 Å². The van der Waals surface area contributed by atoms with Gasteiger partial charge in [-0.3, -0.25) is 14.5 Å². The number of hydrogen-bond acceptors (Lipinski definition) is 4. The maximum Gasteiger partial charge on any atom is 0.272 e. The molecule has 1 aromatic heterocycles. The van der Waals surface area contributed by atoms with Crippen LogP contribution in [-0.2, 0) is 0 Å². The quantitative estimate of drug-likeness (QED) is 0.694. The smallest absolute Gasteiger partial charge is 0.272 e. The molecule has 2 N–H and O–H groups in total. The van der Waals surface area contributed by atoms with Crippen molar-refractivity contribution in [3.8, 4) is 0 Å². The molecule has 0 aliphatic carbocycles. The van der Waals surface area contributed by atoms with Gasteiger partial charge in [0.2, 0.25) is 0 Å². The van der Waals surface area contributed by atoms with E-state index in [9.17, 15) is 9.59 Å². The second-order valence-electron chi connectivity index (χ2n) is 6.94.